The monoisotopic (exact) mass is 493 g/mol. The summed E-state index contributed by atoms with van der Waals surface area (Å²) in [6, 6.07) is 9.07. The van der Waals surface area contributed by atoms with E-state index in [9.17, 15) is 4.79 Å². The number of likely N-dealkylation sites (N-methyl/N-ethyl adjacent to an activating group) is 1. The van der Waals surface area contributed by atoms with Crippen LogP contribution in [0.4, 0.5) is 0 Å². The van der Waals surface area contributed by atoms with Crippen molar-refractivity contribution >= 4 is 63.5 Å². The van der Waals surface area contributed by atoms with E-state index in [0.717, 1.165) is 16.7 Å². The van der Waals surface area contributed by atoms with E-state index in [0.29, 0.717) is 43.7 Å². The van der Waals surface area contributed by atoms with Crippen molar-refractivity contribution in [3.63, 3.8) is 0 Å². The molecular formula is C23H21Cl2NO3S2. The third-order valence-corrected chi connectivity index (χ3v) is 6.58. The Morgan fingerprint density at radius 3 is 2.61 bits per heavy atom. The summed E-state index contributed by atoms with van der Waals surface area (Å²) >= 11 is 18.8. The molecule has 0 saturated carbocycles. The van der Waals surface area contributed by atoms with E-state index in [-0.39, 0.29) is 12.5 Å². The molecule has 1 amide bonds. The number of halogens is 2. The number of nitrogens with zero attached hydrogens (tertiary/aromatic N) is 1. The Morgan fingerprint density at radius 2 is 2.00 bits per heavy atom. The summed E-state index contributed by atoms with van der Waals surface area (Å²) in [7, 11) is 1.58. The lowest BCUT2D eigenvalue weighted by molar-refractivity contribution is -0.121. The maximum Gasteiger partial charge on any atom is 0.266 e. The second-order valence-electron chi connectivity index (χ2n) is 6.65. The smallest absolute Gasteiger partial charge is 0.266 e. The molecule has 31 heavy (non-hydrogen) atoms. The molecule has 8 heteroatoms. The number of carbonyl (C=O) groups is 1. The summed E-state index contributed by atoms with van der Waals surface area (Å²) in [5, 5.41) is 1.10. The van der Waals surface area contributed by atoms with Crippen molar-refractivity contribution < 1.29 is 14.3 Å². The Balaban J connectivity index is 1.94. The molecule has 2 aromatic rings. The maximum absolute atomic E-state index is 12.6. The first-order valence-electron chi connectivity index (χ1n) is 9.51. The largest absolute Gasteiger partial charge is 0.493 e. The second-order valence-corrected chi connectivity index (χ2v) is 9.17. The minimum Gasteiger partial charge on any atom is -0.493 e. The molecule has 3 rings (SSSR count). The molecule has 1 aliphatic heterocycles. The van der Waals surface area contributed by atoms with Crippen molar-refractivity contribution in [1.82, 2.24) is 4.90 Å². The van der Waals surface area contributed by atoms with Gasteiger partial charge in [0, 0.05) is 27.7 Å². The summed E-state index contributed by atoms with van der Waals surface area (Å²) in [6.45, 7) is 6.55. The maximum atomic E-state index is 12.6. The predicted molar refractivity (Wildman–Crippen MR) is 133 cm³/mol. The molecule has 1 fully saturated rings. The SMILES string of the molecule is C=CCc1cc(C=C2SC(=S)N(CC)C2=O)cc(OC)c1OCc1ccc(Cl)cc1Cl. The number of hydrogen-bond acceptors (Lipinski definition) is 5. The van der Waals surface area contributed by atoms with E-state index >= 15 is 0 Å². The molecule has 0 atom stereocenters. The number of benzene rings is 2. The zero-order chi connectivity index (χ0) is 22.5. The number of thioether (sulfide) groups is 1. The summed E-state index contributed by atoms with van der Waals surface area (Å²) < 4.78 is 12.3. The molecule has 1 aliphatic rings. The van der Waals surface area contributed by atoms with Crippen LogP contribution in [0.15, 0.2) is 47.9 Å². The van der Waals surface area contributed by atoms with Gasteiger partial charge in [0.05, 0.1) is 12.0 Å². The molecule has 4 nitrogen and oxygen atoms in total. The molecule has 2 aromatic carbocycles. The van der Waals surface area contributed by atoms with E-state index in [4.69, 9.17) is 44.9 Å². The number of thiocarbonyl (C=S) groups is 1. The molecule has 0 bridgehead atoms. The third-order valence-electron chi connectivity index (χ3n) is 4.61. The first kappa shape index (κ1) is 23.7. The van der Waals surface area contributed by atoms with Crippen LogP contribution in [0.5, 0.6) is 11.5 Å². The van der Waals surface area contributed by atoms with Gasteiger partial charge in [-0.25, -0.2) is 0 Å². The van der Waals surface area contributed by atoms with Gasteiger partial charge >= 0.3 is 0 Å². The average molecular weight is 494 g/mol. The van der Waals surface area contributed by atoms with Gasteiger partial charge in [0.2, 0.25) is 0 Å². The number of amides is 1. The number of allylic oxidation sites excluding steroid dienone is 1. The van der Waals surface area contributed by atoms with Gasteiger partial charge in [-0.3, -0.25) is 9.69 Å². The van der Waals surface area contributed by atoms with Crippen molar-refractivity contribution in [2.45, 2.75) is 20.0 Å². The Bertz CT molecular complexity index is 1070. The molecule has 0 N–H and O–H groups in total. The van der Waals surface area contributed by atoms with Gasteiger partial charge in [0.15, 0.2) is 11.5 Å². The van der Waals surface area contributed by atoms with Gasteiger partial charge in [-0.1, -0.05) is 59.3 Å². The second kappa shape index (κ2) is 10.6. The van der Waals surface area contributed by atoms with Crippen molar-refractivity contribution in [1.29, 1.82) is 0 Å². The number of ether oxygens (including phenoxy) is 2. The Labute approximate surface area is 201 Å². The van der Waals surface area contributed by atoms with E-state index in [2.05, 4.69) is 6.58 Å². The molecule has 1 heterocycles. The van der Waals surface area contributed by atoms with Crippen LogP contribution < -0.4 is 9.47 Å². The van der Waals surface area contributed by atoms with Gasteiger partial charge in [0.25, 0.3) is 5.91 Å². The highest BCUT2D eigenvalue weighted by Crippen LogP contribution is 2.38. The molecule has 0 aromatic heterocycles. The zero-order valence-corrected chi connectivity index (χ0v) is 20.3. The van der Waals surface area contributed by atoms with Crippen LogP contribution in [0.3, 0.4) is 0 Å². The number of hydrogen-bond donors (Lipinski definition) is 0. The van der Waals surface area contributed by atoms with E-state index in [1.54, 1.807) is 30.2 Å². The van der Waals surface area contributed by atoms with E-state index < -0.39 is 0 Å². The molecule has 0 aliphatic carbocycles. The predicted octanol–water partition coefficient (Wildman–Crippen LogP) is 6.53. The van der Waals surface area contributed by atoms with Gasteiger partial charge in [-0.15, -0.1) is 6.58 Å². The Morgan fingerprint density at radius 1 is 1.23 bits per heavy atom. The van der Waals surface area contributed by atoms with Crippen LogP contribution in [0.25, 0.3) is 6.08 Å². The molecule has 0 radical (unpaired) electrons. The summed E-state index contributed by atoms with van der Waals surface area (Å²) in [5.74, 6) is 1.08. The standard InChI is InChI=1S/C23H21Cl2NO3S2/c1-4-6-15-9-14(11-20-22(27)26(5-2)23(30)31-20)10-19(28-3)21(15)29-13-16-7-8-17(24)12-18(16)25/h4,7-12H,1,5-6,13H2,2-3H3. The van der Waals surface area contributed by atoms with Crippen LogP contribution >= 0.6 is 47.2 Å². The normalized spacial score (nSPS) is 15.0. The van der Waals surface area contributed by atoms with Crippen molar-refractivity contribution in [2.24, 2.45) is 0 Å². The van der Waals surface area contributed by atoms with Crippen molar-refractivity contribution in [2.75, 3.05) is 13.7 Å². The fraction of sp³-hybridized carbons (Fsp3) is 0.217. The van der Waals surface area contributed by atoms with Crippen LogP contribution in [0.2, 0.25) is 10.0 Å². The minimum atomic E-state index is -0.0838. The van der Waals surface area contributed by atoms with Crippen LogP contribution in [-0.4, -0.2) is 28.8 Å². The van der Waals surface area contributed by atoms with Crippen LogP contribution in [0.1, 0.15) is 23.6 Å². The Hall–Kier alpha value is -1.99. The first-order valence-corrected chi connectivity index (χ1v) is 11.5. The summed E-state index contributed by atoms with van der Waals surface area (Å²) in [4.78, 5) is 14.7. The number of rotatable bonds is 8. The highest BCUT2D eigenvalue weighted by molar-refractivity contribution is 8.26. The lowest BCUT2D eigenvalue weighted by atomic mass is 10.0. The van der Waals surface area contributed by atoms with Gasteiger partial charge < -0.3 is 9.47 Å². The molecule has 1 saturated heterocycles. The summed E-state index contributed by atoms with van der Waals surface area (Å²) in [5.41, 5.74) is 2.52. The lowest BCUT2D eigenvalue weighted by Gasteiger charge is -2.16. The van der Waals surface area contributed by atoms with Gasteiger partial charge in [0.1, 0.15) is 10.9 Å². The van der Waals surface area contributed by atoms with E-state index in [1.807, 2.05) is 31.2 Å². The minimum absolute atomic E-state index is 0.0838. The first-order chi connectivity index (χ1) is 14.9. The molecule has 0 unspecified atom stereocenters. The number of methoxy groups -OCH3 is 1. The molecule has 0 spiro atoms. The third kappa shape index (κ3) is 5.44. The van der Waals surface area contributed by atoms with E-state index in [1.165, 1.54) is 11.8 Å². The van der Waals surface area contributed by atoms with Gasteiger partial charge in [-0.2, -0.15) is 0 Å². The topological polar surface area (TPSA) is 38.8 Å². The Kier molecular flexibility index (Phi) is 8.06. The van der Waals surface area contributed by atoms with Crippen molar-refractivity contribution in [3.05, 3.63) is 74.6 Å². The quantitative estimate of drug-likeness (QED) is 0.237. The fourth-order valence-electron chi connectivity index (χ4n) is 3.10. The highest BCUT2D eigenvalue weighted by Gasteiger charge is 2.30. The lowest BCUT2D eigenvalue weighted by Crippen LogP contribution is -2.27. The van der Waals surface area contributed by atoms with Crippen LogP contribution in [0, 0.1) is 0 Å². The number of carbonyl (C=O) groups excluding carboxylic acids is 1. The fourth-order valence-corrected chi connectivity index (χ4v) is 4.95. The molecular weight excluding hydrogens is 473 g/mol. The van der Waals surface area contributed by atoms with Gasteiger partial charge in [-0.05, 0) is 49.2 Å². The van der Waals surface area contributed by atoms with Crippen molar-refractivity contribution in [3.8, 4) is 11.5 Å². The average Bonchev–Trinajstić information content (AvgIpc) is 3.00. The summed E-state index contributed by atoms with van der Waals surface area (Å²) in [6.07, 6.45) is 4.18. The highest BCUT2D eigenvalue weighted by atomic mass is 35.5. The van der Waals surface area contributed by atoms with Crippen LogP contribution in [-0.2, 0) is 17.8 Å². The zero-order valence-electron chi connectivity index (χ0n) is 17.1. The molecule has 162 valence electrons.